The van der Waals surface area contributed by atoms with E-state index in [1.807, 2.05) is 37.3 Å². The molecule has 2 saturated heterocycles. The molecule has 0 bridgehead atoms. The van der Waals surface area contributed by atoms with Gasteiger partial charge in [0.2, 0.25) is 5.91 Å². The summed E-state index contributed by atoms with van der Waals surface area (Å²) in [6.45, 7) is 4.92. The maximum absolute atomic E-state index is 13.8. The van der Waals surface area contributed by atoms with Crippen LogP contribution in [0.25, 0.3) is 0 Å². The van der Waals surface area contributed by atoms with Crippen molar-refractivity contribution in [1.29, 1.82) is 0 Å². The molecular weight excluding hydrogens is 472 g/mol. The van der Waals surface area contributed by atoms with Crippen LogP contribution >= 0.6 is 0 Å². The highest BCUT2D eigenvalue weighted by atomic mass is 16.5. The molecule has 1 spiro atoms. The van der Waals surface area contributed by atoms with Crippen molar-refractivity contribution in [2.75, 3.05) is 58.1 Å². The van der Waals surface area contributed by atoms with Gasteiger partial charge in [-0.2, -0.15) is 0 Å². The number of hydrogen-bond donors (Lipinski definition) is 1. The molecule has 2 aliphatic heterocycles. The highest BCUT2D eigenvalue weighted by molar-refractivity contribution is 5.97. The first-order chi connectivity index (χ1) is 18.0. The molecule has 198 valence electrons. The summed E-state index contributed by atoms with van der Waals surface area (Å²) >= 11 is 0. The van der Waals surface area contributed by atoms with Crippen LogP contribution in [-0.2, 0) is 14.3 Å². The van der Waals surface area contributed by atoms with E-state index in [0.29, 0.717) is 63.7 Å². The van der Waals surface area contributed by atoms with Crippen LogP contribution in [-0.4, -0.2) is 86.2 Å². The molecule has 9 heteroatoms. The van der Waals surface area contributed by atoms with Crippen LogP contribution in [0.15, 0.2) is 54.6 Å². The zero-order valence-electron chi connectivity index (χ0n) is 21.7. The van der Waals surface area contributed by atoms with Gasteiger partial charge in [0, 0.05) is 44.1 Å². The lowest BCUT2D eigenvalue weighted by atomic mass is 9.85. The number of likely N-dealkylation sites (tertiary alicyclic amines) is 1. The van der Waals surface area contributed by atoms with Crippen LogP contribution in [0.5, 0.6) is 5.75 Å². The molecule has 2 aromatic carbocycles. The van der Waals surface area contributed by atoms with Crippen LogP contribution in [0.4, 0.5) is 5.69 Å². The van der Waals surface area contributed by atoms with Gasteiger partial charge in [-0.15, -0.1) is 0 Å². The first kappa shape index (κ1) is 26.5. The molecule has 0 saturated carbocycles. The Labute approximate surface area is 218 Å². The molecule has 0 unspecified atom stereocenters. The van der Waals surface area contributed by atoms with Crippen molar-refractivity contribution in [3.05, 3.63) is 60.2 Å². The first-order valence-corrected chi connectivity index (χ1v) is 12.9. The molecule has 0 radical (unpaired) electrons. The lowest BCUT2D eigenvalue weighted by molar-refractivity contribution is -0.137. The van der Waals surface area contributed by atoms with E-state index in [0.717, 1.165) is 12.1 Å². The summed E-state index contributed by atoms with van der Waals surface area (Å²) in [4.78, 5) is 45.1. The van der Waals surface area contributed by atoms with Crippen molar-refractivity contribution in [2.45, 2.75) is 31.7 Å². The van der Waals surface area contributed by atoms with Crippen LogP contribution < -0.4 is 15.0 Å². The van der Waals surface area contributed by atoms with Crippen molar-refractivity contribution in [1.82, 2.24) is 15.1 Å². The van der Waals surface area contributed by atoms with Gasteiger partial charge in [-0.05, 0) is 56.5 Å². The molecule has 0 aromatic heterocycles. The SMILES string of the molecule is CCOCCCNC(=O)CN1CN(c2ccccc2)C2(CCN(C(=O)c3cccc(OC)c3)CC2)C1=O. The molecule has 1 N–H and O–H groups in total. The Kier molecular flexibility index (Phi) is 8.66. The number of carbonyl (C=O) groups excluding carboxylic acids is 3. The Hall–Kier alpha value is -3.59. The summed E-state index contributed by atoms with van der Waals surface area (Å²) < 4.78 is 10.6. The summed E-state index contributed by atoms with van der Waals surface area (Å²) in [6, 6.07) is 16.9. The number of methoxy groups -OCH3 is 1. The van der Waals surface area contributed by atoms with E-state index in [2.05, 4.69) is 10.2 Å². The van der Waals surface area contributed by atoms with E-state index < -0.39 is 5.54 Å². The number of nitrogens with zero attached hydrogens (tertiary/aromatic N) is 3. The predicted octanol–water partition coefficient (Wildman–Crippen LogP) is 2.52. The zero-order chi connectivity index (χ0) is 26.3. The number of carbonyl (C=O) groups is 3. The third kappa shape index (κ3) is 5.88. The number of ether oxygens (including phenoxy) is 2. The van der Waals surface area contributed by atoms with Crippen LogP contribution in [0.1, 0.15) is 36.5 Å². The second kappa shape index (κ2) is 12.1. The molecule has 2 fully saturated rings. The van der Waals surface area contributed by atoms with Crippen molar-refractivity contribution in [3.8, 4) is 5.75 Å². The van der Waals surface area contributed by atoms with Gasteiger partial charge < -0.3 is 29.5 Å². The van der Waals surface area contributed by atoms with Gasteiger partial charge in [0.1, 0.15) is 17.8 Å². The number of amides is 3. The lowest BCUT2D eigenvalue weighted by Crippen LogP contribution is -2.57. The Morgan fingerprint density at radius 2 is 1.81 bits per heavy atom. The monoisotopic (exact) mass is 508 g/mol. The van der Waals surface area contributed by atoms with Crippen LogP contribution in [0.2, 0.25) is 0 Å². The fraction of sp³-hybridized carbons (Fsp3) is 0.464. The van der Waals surface area contributed by atoms with Gasteiger partial charge in [-0.3, -0.25) is 14.4 Å². The lowest BCUT2D eigenvalue weighted by Gasteiger charge is -2.43. The van der Waals surface area contributed by atoms with E-state index in [1.165, 1.54) is 0 Å². The van der Waals surface area contributed by atoms with E-state index in [-0.39, 0.29) is 24.3 Å². The Balaban J connectivity index is 1.46. The Morgan fingerprint density at radius 1 is 1.05 bits per heavy atom. The number of anilines is 1. The van der Waals surface area contributed by atoms with Crippen LogP contribution in [0, 0.1) is 0 Å². The highest BCUT2D eigenvalue weighted by Gasteiger charge is 2.54. The fourth-order valence-electron chi connectivity index (χ4n) is 5.12. The molecular formula is C28H36N4O5. The van der Waals surface area contributed by atoms with Crippen LogP contribution in [0.3, 0.4) is 0 Å². The molecule has 2 heterocycles. The summed E-state index contributed by atoms with van der Waals surface area (Å²) in [5.74, 6) is 0.316. The topological polar surface area (TPSA) is 91.4 Å². The van der Waals surface area contributed by atoms with Gasteiger partial charge in [0.05, 0.1) is 13.8 Å². The second-order valence-corrected chi connectivity index (χ2v) is 9.36. The molecule has 37 heavy (non-hydrogen) atoms. The number of benzene rings is 2. The Morgan fingerprint density at radius 3 is 2.51 bits per heavy atom. The number of para-hydroxylation sites is 1. The largest absolute Gasteiger partial charge is 0.497 e. The van der Waals surface area contributed by atoms with Gasteiger partial charge in [-0.1, -0.05) is 24.3 Å². The number of nitrogens with one attached hydrogen (secondary N) is 1. The van der Waals surface area contributed by atoms with Crippen molar-refractivity contribution in [3.63, 3.8) is 0 Å². The molecule has 3 amide bonds. The van der Waals surface area contributed by atoms with E-state index in [4.69, 9.17) is 9.47 Å². The standard InChI is InChI=1S/C28H36N4O5/c1-3-37-18-8-15-29-25(33)20-31-21-32(23-10-5-4-6-11-23)28(27(31)35)13-16-30(17-14-28)26(34)22-9-7-12-24(19-22)36-2/h4-7,9-12,19H,3,8,13-18,20-21H2,1-2H3,(H,29,33). The van der Waals surface area contributed by atoms with Gasteiger partial charge in [-0.25, -0.2) is 0 Å². The molecule has 2 aromatic rings. The normalized spacial score (nSPS) is 16.8. The number of hydrogen-bond acceptors (Lipinski definition) is 6. The van der Waals surface area contributed by atoms with Gasteiger partial charge >= 0.3 is 0 Å². The quantitative estimate of drug-likeness (QED) is 0.496. The zero-order valence-corrected chi connectivity index (χ0v) is 21.7. The van der Waals surface area contributed by atoms with E-state index in [9.17, 15) is 14.4 Å². The van der Waals surface area contributed by atoms with Gasteiger partial charge in [0.25, 0.3) is 11.8 Å². The minimum Gasteiger partial charge on any atom is -0.497 e. The maximum atomic E-state index is 13.8. The number of rotatable bonds is 10. The summed E-state index contributed by atoms with van der Waals surface area (Å²) in [6.07, 6.45) is 1.70. The average molecular weight is 509 g/mol. The van der Waals surface area contributed by atoms with E-state index >= 15 is 0 Å². The van der Waals surface area contributed by atoms with Crippen molar-refractivity contribution >= 4 is 23.4 Å². The fourth-order valence-corrected chi connectivity index (χ4v) is 5.12. The van der Waals surface area contributed by atoms with E-state index in [1.54, 1.807) is 41.2 Å². The summed E-state index contributed by atoms with van der Waals surface area (Å²) in [5.41, 5.74) is 0.709. The molecule has 0 aliphatic carbocycles. The Bertz CT molecular complexity index is 1080. The molecule has 9 nitrogen and oxygen atoms in total. The number of piperidine rings is 1. The predicted molar refractivity (Wildman–Crippen MR) is 140 cm³/mol. The third-order valence-electron chi connectivity index (χ3n) is 7.10. The minimum absolute atomic E-state index is 0.00497. The summed E-state index contributed by atoms with van der Waals surface area (Å²) in [7, 11) is 1.57. The van der Waals surface area contributed by atoms with Crippen molar-refractivity contribution in [2.24, 2.45) is 0 Å². The first-order valence-electron chi connectivity index (χ1n) is 12.9. The molecule has 4 rings (SSSR count). The minimum atomic E-state index is -0.790. The second-order valence-electron chi connectivity index (χ2n) is 9.36. The molecule has 0 atom stereocenters. The highest BCUT2D eigenvalue weighted by Crippen LogP contribution is 2.39. The maximum Gasteiger partial charge on any atom is 0.253 e. The van der Waals surface area contributed by atoms with Gasteiger partial charge in [0.15, 0.2) is 0 Å². The smallest absolute Gasteiger partial charge is 0.253 e. The third-order valence-corrected chi connectivity index (χ3v) is 7.10. The molecule has 2 aliphatic rings. The van der Waals surface area contributed by atoms with Crippen molar-refractivity contribution < 1.29 is 23.9 Å². The average Bonchev–Trinajstić information content (AvgIpc) is 3.19. The summed E-state index contributed by atoms with van der Waals surface area (Å²) in [5, 5.41) is 2.89.